The third kappa shape index (κ3) is 3.00. The van der Waals surface area contributed by atoms with Crippen LogP contribution in [0.5, 0.6) is 0 Å². The molecule has 1 aromatic carbocycles. The molecule has 0 amide bonds. The van der Waals surface area contributed by atoms with Crippen LogP contribution in [0, 0.1) is 13.8 Å². The molecule has 23 heavy (non-hydrogen) atoms. The molecule has 7 heteroatoms. The maximum atomic E-state index is 12.1. The zero-order valence-corrected chi connectivity index (χ0v) is 14.2. The quantitative estimate of drug-likeness (QED) is 0.727. The monoisotopic (exact) mass is 347 g/mol. The van der Waals surface area contributed by atoms with Gasteiger partial charge >= 0.3 is 5.97 Å². The number of benzene rings is 1. The lowest BCUT2D eigenvalue weighted by Gasteiger charge is -2.06. The Morgan fingerprint density at radius 1 is 1.30 bits per heavy atom. The van der Waals surface area contributed by atoms with Crippen molar-refractivity contribution in [3.63, 3.8) is 0 Å². The number of thiophene rings is 1. The van der Waals surface area contributed by atoms with Gasteiger partial charge in [0.15, 0.2) is 12.4 Å². The number of carbonyl (C=O) groups excluding carboxylic acids is 1. The number of halogens is 1. The van der Waals surface area contributed by atoms with Crippen molar-refractivity contribution >= 4 is 44.9 Å². The van der Waals surface area contributed by atoms with Gasteiger partial charge in [0.1, 0.15) is 10.6 Å². The highest BCUT2D eigenvalue weighted by molar-refractivity contribution is 7.18. The molecule has 0 radical (unpaired) electrons. The summed E-state index contributed by atoms with van der Waals surface area (Å²) in [6, 6.07) is 6.71. The minimum Gasteiger partial charge on any atom is -0.454 e. The zero-order chi connectivity index (χ0) is 16.6. The highest BCUT2D eigenvalue weighted by Crippen LogP contribution is 2.31. The highest BCUT2D eigenvalue weighted by Gasteiger charge is 2.15. The maximum Gasteiger partial charge on any atom is 0.340 e. The van der Waals surface area contributed by atoms with E-state index in [0.29, 0.717) is 22.2 Å². The first-order valence-electron chi connectivity index (χ1n) is 6.91. The number of nitrogens with zero attached hydrogens (tertiary/aromatic N) is 2. The summed E-state index contributed by atoms with van der Waals surface area (Å²) in [5, 5.41) is 1.21. The number of nitrogens with two attached hydrogens (primary N) is 1. The van der Waals surface area contributed by atoms with Crippen molar-refractivity contribution in [3.05, 3.63) is 51.1 Å². The van der Waals surface area contributed by atoms with Crippen LogP contribution < -0.4 is 5.73 Å². The Morgan fingerprint density at radius 3 is 2.78 bits per heavy atom. The van der Waals surface area contributed by atoms with E-state index in [1.54, 1.807) is 35.6 Å². The molecule has 0 unspecified atom stereocenters. The number of nitrogen functional groups attached to an aromatic ring is 1. The summed E-state index contributed by atoms with van der Waals surface area (Å²) < 4.78 is 5.24. The second-order valence-electron chi connectivity index (χ2n) is 5.04. The largest absolute Gasteiger partial charge is 0.454 e. The molecule has 0 atom stereocenters. The third-order valence-corrected chi connectivity index (χ3v) is 4.96. The molecule has 5 nitrogen and oxygen atoms in total. The van der Waals surface area contributed by atoms with E-state index in [4.69, 9.17) is 22.1 Å². The van der Waals surface area contributed by atoms with Crippen LogP contribution in [0.1, 0.15) is 26.6 Å². The molecule has 0 saturated carbocycles. The van der Waals surface area contributed by atoms with E-state index >= 15 is 0 Å². The number of fused-ring (bicyclic) bond motifs is 1. The van der Waals surface area contributed by atoms with Crippen LogP contribution in [0.25, 0.3) is 10.2 Å². The van der Waals surface area contributed by atoms with Crippen LogP contribution in [-0.4, -0.2) is 15.9 Å². The van der Waals surface area contributed by atoms with E-state index < -0.39 is 5.97 Å². The summed E-state index contributed by atoms with van der Waals surface area (Å²) >= 11 is 7.52. The van der Waals surface area contributed by atoms with Gasteiger partial charge in [0.05, 0.1) is 16.0 Å². The fourth-order valence-electron chi connectivity index (χ4n) is 2.23. The first kappa shape index (κ1) is 15.7. The third-order valence-electron chi connectivity index (χ3n) is 3.53. The van der Waals surface area contributed by atoms with Gasteiger partial charge in [0.25, 0.3) is 0 Å². The maximum absolute atomic E-state index is 12.1. The summed E-state index contributed by atoms with van der Waals surface area (Å²) in [5.41, 5.74) is 7.40. The standard InChI is InChI=1S/C16H14ClN3O2S/c1-8-9(2)23-15-13(8)14(18)19-12(20-15)7-22-16(21)10-5-3-4-6-11(10)17/h3-6H,7H2,1-2H3,(H2,18,19,20). The number of rotatable bonds is 3. The lowest BCUT2D eigenvalue weighted by Crippen LogP contribution is -2.09. The molecule has 3 rings (SSSR count). The van der Waals surface area contributed by atoms with Crippen molar-refractivity contribution in [1.82, 2.24) is 9.97 Å². The van der Waals surface area contributed by atoms with Crippen LogP contribution in [0.15, 0.2) is 24.3 Å². The van der Waals surface area contributed by atoms with Gasteiger partial charge in [-0.3, -0.25) is 0 Å². The number of anilines is 1. The molecule has 0 spiro atoms. The first-order chi connectivity index (χ1) is 11.0. The number of aryl methyl sites for hydroxylation is 2. The lowest BCUT2D eigenvalue weighted by molar-refractivity contribution is 0.0463. The van der Waals surface area contributed by atoms with Gasteiger partial charge in [-0.1, -0.05) is 23.7 Å². The van der Waals surface area contributed by atoms with E-state index in [0.717, 1.165) is 20.7 Å². The average Bonchev–Trinajstić information content (AvgIpc) is 2.80. The van der Waals surface area contributed by atoms with Crippen LogP contribution in [-0.2, 0) is 11.3 Å². The minimum atomic E-state index is -0.517. The summed E-state index contributed by atoms with van der Waals surface area (Å²) in [5.74, 6) is 0.258. The molecule has 0 saturated heterocycles. The van der Waals surface area contributed by atoms with Crippen LogP contribution >= 0.6 is 22.9 Å². The molecular weight excluding hydrogens is 334 g/mol. The van der Waals surface area contributed by atoms with Crippen molar-refractivity contribution in [2.75, 3.05) is 5.73 Å². The van der Waals surface area contributed by atoms with E-state index in [-0.39, 0.29) is 6.61 Å². The molecular formula is C16H14ClN3O2S. The molecule has 3 aromatic rings. The van der Waals surface area contributed by atoms with Gasteiger partial charge in [-0.25, -0.2) is 14.8 Å². The van der Waals surface area contributed by atoms with Gasteiger partial charge in [-0.15, -0.1) is 11.3 Å². The van der Waals surface area contributed by atoms with Gasteiger partial charge in [-0.05, 0) is 31.5 Å². The molecule has 118 valence electrons. The predicted molar refractivity (Wildman–Crippen MR) is 91.9 cm³/mol. The summed E-state index contributed by atoms with van der Waals surface area (Å²) in [4.78, 5) is 22.7. The van der Waals surface area contributed by atoms with Gasteiger partial charge < -0.3 is 10.5 Å². The molecule has 0 aliphatic heterocycles. The van der Waals surface area contributed by atoms with Crippen molar-refractivity contribution in [1.29, 1.82) is 0 Å². The van der Waals surface area contributed by atoms with Crippen molar-refractivity contribution < 1.29 is 9.53 Å². The van der Waals surface area contributed by atoms with Gasteiger partial charge in [0, 0.05) is 4.88 Å². The summed E-state index contributed by atoms with van der Waals surface area (Å²) in [6.07, 6.45) is 0. The Bertz CT molecular complexity index is 908. The van der Waals surface area contributed by atoms with E-state index in [2.05, 4.69) is 9.97 Å². The Balaban J connectivity index is 1.82. The number of aromatic nitrogens is 2. The highest BCUT2D eigenvalue weighted by atomic mass is 35.5. The van der Waals surface area contributed by atoms with Crippen molar-refractivity contribution in [3.8, 4) is 0 Å². The second kappa shape index (κ2) is 6.14. The Labute approximate surface area is 142 Å². The van der Waals surface area contributed by atoms with E-state index in [1.165, 1.54) is 0 Å². The summed E-state index contributed by atoms with van der Waals surface area (Å²) in [7, 11) is 0. The average molecular weight is 348 g/mol. The molecule has 0 bridgehead atoms. The van der Waals surface area contributed by atoms with E-state index in [9.17, 15) is 4.79 Å². The number of hydrogen-bond donors (Lipinski definition) is 1. The molecule has 2 heterocycles. The number of hydrogen-bond acceptors (Lipinski definition) is 6. The Morgan fingerprint density at radius 2 is 2.04 bits per heavy atom. The van der Waals surface area contributed by atoms with Crippen molar-refractivity contribution in [2.45, 2.75) is 20.5 Å². The first-order valence-corrected chi connectivity index (χ1v) is 8.10. The Kier molecular flexibility index (Phi) is 4.19. The van der Waals surface area contributed by atoms with Crippen LogP contribution in [0.2, 0.25) is 5.02 Å². The van der Waals surface area contributed by atoms with Gasteiger partial charge in [0.2, 0.25) is 0 Å². The SMILES string of the molecule is Cc1sc2nc(COC(=O)c3ccccc3Cl)nc(N)c2c1C. The normalized spacial score (nSPS) is 10.9. The fourth-order valence-corrected chi connectivity index (χ4v) is 3.49. The smallest absolute Gasteiger partial charge is 0.340 e. The van der Waals surface area contributed by atoms with Gasteiger partial charge in [-0.2, -0.15) is 0 Å². The topological polar surface area (TPSA) is 78.1 Å². The second-order valence-corrected chi connectivity index (χ2v) is 6.65. The molecule has 0 aliphatic rings. The number of ether oxygens (including phenoxy) is 1. The molecule has 0 aliphatic carbocycles. The summed E-state index contributed by atoms with van der Waals surface area (Å²) in [6.45, 7) is 3.95. The van der Waals surface area contributed by atoms with Crippen LogP contribution in [0.3, 0.4) is 0 Å². The molecule has 2 aromatic heterocycles. The lowest BCUT2D eigenvalue weighted by atomic mass is 10.2. The van der Waals surface area contributed by atoms with Crippen LogP contribution in [0.4, 0.5) is 5.82 Å². The van der Waals surface area contributed by atoms with E-state index in [1.807, 2.05) is 13.8 Å². The molecule has 0 fully saturated rings. The molecule has 2 N–H and O–H groups in total. The number of esters is 1. The minimum absolute atomic E-state index is 0.0554. The van der Waals surface area contributed by atoms with Crippen molar-refractivity contribution in [2.24, 2.45) is 0 Å². The zero-order valence-electron chi connectivity index (χ0n) is 12.6. The number of carbonyl (C=O) groups is 1. The Hall–Kier alpha value is -2.18. The fraction of sp³-hybridized carbons (Fsp3) is 0.188. The predicted octanol–water partition coefficient (Wildman–Crippen LogP) is 3.90.